The molecule has 0 saturated carbocycles. The summed E-state index contributed by atoms with van der Waals surface area (Å²) in [6.45, 7) is 2.37. The molecule has 0 bridgehead atoms. The molecule has 0 heterocycles. The Morgan fingerprint density at radius 2 is 1.12 bits per heavy atom. The van der Waals surface area contributed by atoms with E-state index in [0.717, 1.165) is 12.8 Å². The van der Waals surface area contributed by atoms with Crippen LogP contribution in [-0.4, -0.2) is 30.1 Å². The Bertz CT molecular complexity index is 1100. The minimum Gasteiger partial charge on any atom is -0.462 e. The number of unbranched alkanes of at least 4 members (excludes halogenated alkanes) is 1. The van der Waals surface area contributed by atoms with Gasteiger partial charge in [-0.25, -0.2) is 9.59 Å². The van der Waals surface area contributed by atoms with Crippen molar-refractivity contribution in [2.45, 2.75) is 19.8 Å². The molecule has 0 N–H and O–H groups in total. The molecule has 3 aromatic carbocycles. The smallest absolute Gasteiger partial charge is 0.343 e. The van der Waals surface area contributed by atoms with Crippen LogP contribution in [0.25, 0.3) is 0 Å². The van der Waals surface area contributed by atoms with Crippen molar-refractivity contribution in [3.05, 3.63) is 101 Å². The van der Waals surface area contributed by atoms with Crippen molar-refractivity contribution in [2.75, 3.05) is 6.61 Å². The Balaban J connectivity index is 1.60. The highest BCUT2D eigenvalue weighted by atomic mass is 16.5. The van der Waals surface area contributed by atoms with Crippen molar-refractivity contribution in [3.8, 4) is 5.75 Å². The Hall–Kier alpha value is -4.06. The number of Topliss-reactive ketones (excluding diaryl/α,β-unsaturated/α-hetero) is 2. The van der Waals surface area contributed by atoms with Gasteiger partial charge in [0, 0.05) is 11.1 Å². The fourth-order valence-electron chi connectivity index (χ4n) is 2.83. The van der Waals surface area contributed by atoms with Crippen LogP contribution in [0.15, 0.2) is 78.9 Å². The molecular weight excluding hydrogens is 408 g/mol. The molecular formula is C26H22O6. The molecule has 0 fully saturated rings. The second-order valence-corrected chi connectivity index (χ2v) is 7.00. The standard InChI is InChI=1S/C26H22O6/c1-2-3-17-31-25(29)20-13-15-22(16-14-20)32-26(30)21-11-9-19(10-12-21)24(28)23(27)18-7-5-4-6-8-18/h4-16H,2-3,17H2,1H3. The number of hydrogen-bond donors (Lipinski definition) is 0. The fraction of sp³-hybridized carbons (Fsp3) is 0.154. The molecule has 32 heavy (non-hydrogen) atoms. The Morgan fingerprint density at radius 1 is 0.625 bits per heavy atom. The second kappa shape index (κ2) is 10.8. The minimum absolute atomic E-state index is 0.182. The monoisotopic (exact) mass is 430 g/mol. The summed E-state index contributed by atoms with van der Waals surface area (Å²) in [4.78, 5) is 49.0. The van der Waals surface area contributed by atoms with Gasteiger partial charge in [-0.3, -0.25) is 9.59 Å². The normalized spacial score (nSPS) is 10.3. The van der Waals surface area contributed by atoms with E-state index in [0.29, 0.717) is 17.7 Å². The van der Waals surface area contributed by atoms with Crippen LogP contribution in [0.1, 0.15) is 61.2 Å². The average Bonchev–Trinajstić information content (AvgIpc) is 2.84. The predicted molar refractivity (Wildman–Crippen MR) is 118 cm³/mol. The highest BCUT2D eigenvalue weighted by molar-refractivity contribution is 6.49. The van der Waals surface area contributed by atoms with Crippen molar-refractivity contribution in [2.24, 2.45) is 0 Å². The molecule has 3 aromatic rings. The summed E-state index contributed by atoms with van der Waals surface area (Å²) in [5.74, 6) is -2.07. The summed E-state index contributed by atoms with van der Waals surface area (Å²) < 4.78 is 10.4. The Kier molecular flexibility index (Phi) is 7.65. The molecule has 0 atom stereocenters. The van der Waals surface area contributed by atoms with Crippen LogP contribution in [0.5, 0.6) is 5.75 Å². The predicted octanol–water partition coefficient (Wildman–Crippen LogP) is 4.93. The SMILES string of the molecule is CCCCOC(=O)c1ccc(OC(=O)c2ccc(C(=O)C(=O)c3ccccc3)cc2)cc1. The van der Waals surface area contributed by atoms with Crippen LogP contribution >= 0.6 is 0 Å². The van der Waals surface area contributed by atoms with E-state index in [1.165, 1.54) is 48.5 Å². The van der Waals surface area contributed by atoms with Crippen molar-refractivity contribution >= 4 is 23.5 Å². The van der Waals surface area contributed by atoms with E-state index < -0.39 is 23.5 Å². The fourth-order valence-corrected chi connectivity index (χ4v) is 2.83. The van der Waals surface area contributed by atoms with Gasteiger partial charge in [-0.15, -0.1) is 0 Å². The van der Waals surface area contributed by atoms with Crippen LogP contribution in [0.4, 0.5) is 0 Å². The van der Waals surface area contributed by atoms with Crippen LogP contribution in [0.2, 0.25) is 0 Å². The molecule has 162 valence electrons. The van der Waals surface area contributed by atoms with E-state index >= 15 is 0 Å². The second-order valence-electron chi connectivity index (χ2n) is 7.00. The van der Waals surface area contributed by atoms with Crippen molar-refractivity contribution in [3.63, 3.8) is 0 Å². The molecule has 0 aliphatic heterocycles. The van der Waals surface area contributed by atoms with E-state index in [1.54, 1.807) is 30.3 Å². The summed E-state index contributed by atoms with van der Waals surface area (Å²) in [6, 6.07) is 20.0. The molecule has 0 aliphatic carbocycles. The third-order valence-corrected chi connectivity index (χ3v) is 4.66. The minimum atomic E-state index is -0.655. The van der Waals surface area contributed by atoms with Gasteiger partial charge in [0.25, 0.3) is 0 Å². The van der Waals surface area contributed by atoms with Crippen molar-refractivity contribution in [1.29, 1.82) is 0 Å². The maximum atomic E-state index is 12.4. The van der Waals surface area contributed by atoms with E-state index in [2.05, 4.69) is 0 Å². The third kappa shape index (κ3) is 5.76. The molecule has 0 saturated heterocycles. The molecule has 6 heteroatoms. The van der Waals surface area contributed by atoms with Gasteiger partial charge in [-0.2, -0.15) is 0 Å². The summed E-state index contributed by atoms with van der Waals surface area (Å²) in [7, 11) is 0. The van der Waals surface area contributed by atoms with Gasteiger partial charge in [0.15, 0.2) is 0 Å². The van der Waals surface area contributed by atoms with Gasteiger partial charge in [0.05, 0.1) is 17.7 Å². The maximum absolute atomic E-state index is 12.4. The van der Waals surface area contributed by atoms with Crippen LogP contribution in [0.3, 0.4) is 0 Å². The van der Waals surface area contributed by atoms with E-state index in [1.807, 2.05) is 6.92 Å². The summed E-state index contributed by atoms with van der Waals surface area (Å²) in [5.41, 5.74) is 1.07. The topological polar surface area (TPSA) is 86.7 Å². The van der Waals surface area contributed by atoms with Crippen molar-refractivity contribution < 1.29 is 28.7 Å². The number of esters is 2. The molecule has 0 radical (unpaired) electrons. The van der Waals surface area contributed by atoms with Crippen LogP contribution in [-0.2, 0) is 4.74 Å². The lowest BCUT2D eigenvalue weighted by Crippen LogP contribution is -2.15. The van der Waals surface area contributed by atoms with E-state index in [-0.39, 0.29) is 16.9 Å². The number of ketones is 2. The van der Waals surface area contributed by atoms with Crippen LogP contribution in [0, 0.1) is 0 Å². The number of rotatable bonds is 9. The Labute approximate surface area is 185 Å². The number of hydrogen-bond acceptors (Lipinski definition) is 6. The quantitative estimate of drug-likeness (QED) is 0.157. The van der Waals surface area contributed by atoms with Gasteiger partial charge in [0.1, 0.15) is 5.75 Å². The maximum Gasteiger partial charge on any atom is 0.343 e. The number of ether oxygens (including phenoxy) is 2. The number of carbonyl (C=O) groups is 4. The first-order chi connectivity index (χ1) is 15.5. The van der Waals surface area contributed by atoms with Gasteiger partial charge < -0.3 is 9.47 Å². The summed E-state index contributed by atoms with van der Waals surface area (Å²) >= 11 is 0. The third-order valence-electron chi connectivity index (χ3n) is 4.66. The van der Waals surface area contributed by atoms with Gasteiger partial charge >= 0.3 is 11.9 Å². The lowest BCUT2D eigenvalue weighted by Gasteiger charge is -2.07. The average molecular weight is 430 g/mol. The molecule has 0 amide bonds. The van der Waals surface area contributed by atoms with Gasteiger partial charge in [-0.05, 0) is 42.8 Å². The first-order valence-corrected chi connectivity index (χ1v) is 10.2. The molecule has 0 aliphatic rings. The highest BCUT2D eigenvalue weighted by Crippen LogP contribution is 2.16. The van der Waals surface area contributed by atoms with Crippen LogP contribution < -0.4 is 4.74 Å². The first-order valence-electron chi connectivity index (χ1n) is 10.2. The van der Waals surface area contributed by atoms with Crippen molar-refractivity contribution in [1.82, 2.24) is 0 Å². The number of carbonyl (C=O) groups excluding carboxylic acids is 4. The zero-order valence-corrected chi connectivity index (χ0v) is 17.6. The first kappa shape index (κ1) is 22.6. The zero-order chi connectivity index (χ0) is 22.9. The molecule has 3 rings (SSSR count). The molecule has 0 aromatic heterocycles. The largest absolute Gasteiger partial charge is 0.462 e. The lowest BCUT2D eigenvalue weighted by molar-refractivity contribution is 0.0499. The highest BCUT2D eigenvalue weighted by Gasteiger charge is 2.19. The molecule has 0 spiro atoms. The number of benzene rings is 3. The molecule has 6 nitrogen and oxygen atoms in total. The molecule has 0 unspecified atom stereocenters. The van der Waals surface area contributed by atoms with Gasteiger partial charge in [-0.1, -0.05) is 55.8 Å². The summed E-state index contributed by atoms with van der Waals surface area (Å²) in [5, 5.41) is 0. The van der Waals surface area contributed by atoms with Gasteiger partial charge in [0.2, 0.25) is 11.6 Å². The zero-order valence-electron chi connectivity index (χ0n) is 17.6. The van der Waals surface area contributed by atoms with E-state index in [4.69, 9.17) is 9.47 Å². The van der Waals surface area contributed by atoms with E-state index in [9.17, 15) is 19.2 Å². The Morgan fingerprint density at radius 3 is 1.72 bits per heavy atom. The summed E-state index contributed by atoms with van der Waals surface area (Å²) in [6.07, 6.45) is 1.73. The lowest BCUT2D eigenvalue weighted by atomic mass is 10.0.